The molecule has 0 N–H and O–H groups in total. The standard InChI is InChI=1S/C23H27N5O2/c1-4-30-20-10-6-5-9-19(20)23(29)27-15-13-26(14-16-27)22-17(2)25-28(18(22)3)21-11-7-8-12-24-21/h5-12H,4,13-16H2,1-3H3. The molecule has 7 nitrogen and oxygen atoms in total. The highest BCUT2D eigenvalue weighted by Crippen LogP contribution is 2.28. The highest BCUT2D eigenvalue weighted by molar-refractivity contribution is 5.97. The van der Waals surface area contributed by atoms with Crippen molar-refractivity contribution in [2.45, 2.75) is 20.8 Å². The molecule has 0 atom stereocenters. The minimum absolute atomic E-state index is 0.0244. The van der Waals surface area contributed by atoms with Gasteiger partial charge >= 0.3 is 0 Å². The van der Waals surface area contributed by atoms with E-state index < -0.39 is 0 Å². The molecular formula is C23H27N5O2. The van der Waals surface area contributed by atoms with Crippen molar-refractivity contribution < 1.29 is 9.53 Å². The molecule has 0 aliphatic carbocycles. The third-order valence-electron chi connectivity index (χ3n) is 5.42. The molecule has 1 saturated heterocycles. The number of para-hydroxylation sites is 1. The summed E-state index contributed by atoms with van der Waals surface area (Å²) in [6, 6.07) is 13.3. The van der Waals surface area contributed by atoms with E-state index in [4.69, 9.17) is 9.84 Å². The van der Waals surface area contributed by atoms with Crippen molar-refractivity contribution in [3.05, 3.63) is 65.6 Å². The minimum Gasteiger partial charge on any atom is -0.493 e. The van der Waals surface area contributed by atoms with Gasteiger partial charge in [-0.1, -0.05) is 18.2 Å². The molecular weight excluding hydrogens is 378 g/mol. The molecule has 4 rings (SSSR count). The van der Waals surface area contributed by atoms with Gasteiger partial charge < -0.3 is 14.5 Å². The Hall–Kier alpha value is -3.35. The van der Waals surface area contributed by atoms with Crippen molar-refractivity contribution in [3.63, 3.8) is 0 Å². The van der Waals surface area contributed by atoms with Gasteiger partial charge in [-0.05, 0) is 45.0 Å². The number of piperazine rings is 1. The Bertz CT molecular complexity index is 1020. The van der Waals surface area contributed by atoms with Crippen LogP contribution in [-0.2, 0) is 0 Å². The normalized spacial score (nSPS) is 14.1. The average Bonchev–Trinajstić information content (AvgIpc) is 3.08. The summed E-state index contributed by atoms with van der Waals surface area (Å²) in [5, 5.41) is 4.70. The first kappa shape index (κ1) is 19.9. The van der Waals surface area contributed by atoms with E-state index in [0.717, 1.165) is 36.0 Å². The highest BCUT2D eigenvalue weighted by Gasteiger charge is 2.27. The van der Waals surface area contributed by atoms with Gasteiger partial charge in [-0.3, -0.25) is 4.79 Å². The van der Waals surface area contributed by atoms with Crippen LogP contribution in [0.1, 0.15) is 28.7 Å². The molecule has 1 aromatic carbocycles. The molecule has 1 fully saturated rings. The van der Waals surface area contributed by atoms with Gasteiger partial charge in [0.2, 0.25) is 0 Å². The zero-order chi connectivity index (χ0) is 21.1. The second kappa shape index (κ2) is 8.57. The molecule has 156 valence electrons. The summed E-state index contributed by atoms with van der Waals surface area (Å²) in [6.07, 6.45) is 1.77. The second-order valence-electron chi connectivity index (χ2n) is 7.33. The predicted octanol–water partition coefficient (Wildman–Crippen LogP) is 3.25. The fourth-order valence-corrected chi connectivity index (χ4v) is 4.02. The molecule has 0 saturated carbocycles. The van der Waals surface area contributed by atoms with E-state index in [1.54, 1.807) is 6.20 Å². The Kier molecular flexibility index (Phi) is 5.70. The summed E-state index contributed by atoms with van der Waals surface area (Å²) in [4.78, 5) is 21.7. The topological polar surface area (TPSA) is 63.5 Å². The van der Waals surface area contributed by atoms with Crippen LogP contribution in [-0.4, -0.2) is 58.4 Å². The lowest BCUT2D eigenvalue weighted by Gasteiger charge is -2.36. The van der Waals surface area contributed by atoms with Gasteiger partial charge in [0.25, 0.3) is 5.91 Å². The number of hydrogen-bond acceptors (Lipinski definition) is 5. The van der Waals surface area contributed by atoms with E-state index in [1.807, 2.05) is 65.9 Å². The number of aromatic nitrogens is 3. The van der Waals surface area contributed by atoms with Gasteiger partial charge in [0.15, 0.2) is 5.82 Å². The number of hydrogen-bond donors (Lipinski definition) is 0. The largest absolute Gasteiger partial charge is 0.493 e. The van der Waals surface area contributed by atoms with Crippen LogP contribution in [0.5, 0.6) is 5.75 Å². The van der Waals surface area contributed by atoms with Crippen LogP contribution in [0.3, 0.4) is 0 Å². The number of pyridine rings is 1. The van der Waals surface area contributed by atoms with Gasteiger partial charge in [0, 0.05) is 32.4 Å². The molecule has 3 heterocycles. The molecule has 0 bridgehead atoms. The third-order valence-corrected chi connectivity index (χ3v) is 5.42. The first-order chi connectivity index (χ1) is 14.6. The summed E-state index contributed by atoms with van der Waals surface area (Å²) in [5.41, 5.74) is 3.79. The number of benzene rings is 1. The van der Waals surface area contributed by atoms with Gasteiger partial charge in [0.05, 0.1) is 29.2 Å². The summed E-state index contributed by atoms with van der Waals surface area (Å²) in [5.74, 6) is 1.48. The molecule has 0 radical (unpaired) electrons. The first-order valence-electron chi connectivity index (χ1n) is 10.3. The van der Waals surface area contributed by atoms with Gasteiger partial charge in [-0.2, -0.15) is 5.10 Å². The van der Waals surface area contributed by atoms with Gasteiger partial charge in [-0.15, -0.1) is 0 Å². The number of carbonyl (C=O) groups excluding carboxylic acids is 1. The molecule has 1 aliphatic heterocycles. The van der Waals surface area contributed by atoms with Crippen molar-refractivity contribution in [1.29, 1.82) is 0 Å². The molecule has 30 heavy (non-hydrogen) atoms. The Morgan fingerprint density at radius 1 is 1.03 bits per heavy atom. The van der Waals surface area contributed by atoms with Crippen LogP contribution >= 0.6 is 0 Å². The van der Waals surface area contributed by atoms with Gasteiger partial charge in [-0.25, -0.2) is 9.67 Å². The van der Waals surface area contributed by atoms with Crippen molar-refractivity contribution in [1.82, 2.24) is 19.7 Å². The lowest BCUT2D eigenvalue weighted by Crippen LogP contribution is -2.49. The van der Waals surface area contributed by atoms with Gasteiger partial charge in [0.1, 0.15) is 5.75 Å². The fourth-order valence-electron chi connectivity index (χ4n) is 4.02. The van der Waals surface area contributed by atoms with Crippen LogP contribution in [0.15, 0.2) is 48.7 Å². The van der Waals surface area contributed by atoms with Crippen molar-refractivity contribution in [2.24, 2.45) is 0 Å². The molecule has 7 heteroatoms. The average molecular weight is 406 g/mol. The molecule has 0 unspecified atom stereocenters. The molecule has 1 aliphatic rings. The summed E-state index contributed by atoms with van der Waals surface area (Å²) in [7, 11) is 0. The number of anilines is 1. The van der Waals surface area contributed by atoms with E-state index in [1.165, 1.54) is 0 Å². The monoisotopic (exact) mass is 405 g/mol. The third kappa shape index (κ3) is 3.75. The van der Waals surface area contributed by atoms with E-state index >= 15 is 0 Å². The number of nitrogens with zero attached hydrogens (tertiary/aromatic N) is 5. The summed E-state index contributed by atoms with van der Waals surface area (Å²) >= 11 is 0. The highest BCUT2D eigenvalue weighted by atomic mass is 16.5. The van der Waals surface area contributed by atoms with Crippen molar-refractivity contribution in [3.8, 4) is 11.6 Å². The SMILES string of the molecule is CCOc1ccccc1C(=O)N1CCN(c2c(C)nn(-c3ccccn3)c2C)CC1. The van der Waals surface area contributed by atoms with Crippen molar-refractivity contribution in [2.75, 3.05) is 37.7 Å². The number of carbonyl (C=O) groups is 1. The minimum atomic E-state index is 0.0244. The van der Waals surface area contributed by atoms with Crippen molar-refractivity contribution >= 4 is 11.6 Å². The Labute approximate surface area is 176 Å². The number of ether oxygens (including phenoxy) is 1. The first-order valence-corrected chi connectivity index (χ1v) is 10.3. The van der Waals surface area contributed by atoms with E-state index in [9.17, 15) is 4.79 Å². The fraction of sp³-hybridized carbons (Fsp3) is 0.348. The lowest BCUT2D eigenvalue weighted by molar-refractivity contribution is 0.0742. The number of aryl methyl sites for hydroxylation is 1. The molecule has 3 aromatic rings. The lowest BCUT2D eigenvalue weighted by atomic mass is 10.1. The van der Waals surface area contributed by atoms with Crippen LogP contribution in [0, 0.1) is 13.8 Å². The number of amides is 1. The Balaban J connectivity index is 1.49. The second-order valence-corrected chi connectivity index (χ2v) is 7.33. The summed E-state index contributed by atoms with van der Waals surface area (Å²) in [6.45, 7) is 9.40. The van der Waals surface area contributed by atoms with Crippen LogP contribution in [0.2, 0.25) is 0 Å². The van der Waals surface area contributed by atoms with Crippen LogP contribution in [0.25, 0.3) is 5.82 Å². The zero-order valence-electron chi connectivity index (χ0n) is 17.7. The maximum atomic E-state index is 13.1. The van der Waals surface area contributed by atoms with E-state index in [-0.39, 0.29) is 5.91 Å². The molecule has 0 spiro atoms. The predicted molar refractivity (Wildman–Crippen MR) is 117 cm³/mol. The quantitative estimate of drug-likeness (QED) is 0.652. The maximum absolute atomic E-state index is 13.1. The van der Waals surface area contributed by atoms with E-state index in [0.29, 0.717) is 31.0 Å². The molecule has 1 amide bonds. The molecule has 2 aromatic heterocycles. The summed E-state index contributed by atoms with van der Waals surface area (Å²) < 4.78 is 7.53. The smallest absolute Gasteiger partial charge is 0.257 e. The van der Waals surface area contributed by atoms with Crippen LogP contribution < -0.4 is 9.64 Å². The Morgan fingerprint density at radius 3 is 2.47 bits per heavy atom. The van der Waals surface area contributed by atoms with Crippen LogP contribution in [0.4, 0.5) is 5.69 Å². The zero-order valence-corrected chi connectivity index (χ0v) is 17.7. The number of rotatable bonds is 5. The Morgan fingerprint density at radius 2 is 1.77 bits per heavy atom. The van der Waals surface area contributed by atoms with E-state index in [2.05, 4.69) is 16.8 Å². The maximum Gasteiger partial charge on any atom is 0.257 e.